The molecular weight excluding hydrogens is 556 g/mol. The van der Waals surface area contributed by atoms with Crippen molar-refractivity contribution in [3.8, 4) is 28.4 Å². The molecule has 3 N–H and O–H groups in total. The minimum absolute atomic E-state index is 0.179. The average molecular weight is 595 g/mol. The topological polar surface area (TPSA) is 128 Å². The van der Waals surface area contributed by atoms with Gasteiger partial charge in [-0.1, -0.05) is 19.9 Å². The predicted molar refractivity (Wildman–Crippen MR) is 165 cm³/mol. The molecule has 0 spiro atoms. The maximum absolute atomic E-state index is 13.7. The van der Waals surface area contributed by atoms with Gasteiger partial charge in [-0.3, -0.25) is 14.4 Å². The number of nitrogens with one attached hydrogen (secondary N) is 3. The summed E-state index contributed by atoms with van der Waals surface area (Å²) >= 11 is 1.39. The maximum atomic E-state index is 13.7. The summed E-state index contributed by atoms with van der Waals surface area (Å²) in [5.74, 6) is 1.13. The van der Waals surface area contributed by atoms with Crippen LogP contribution in [0.3, 0.4) is 0 Å². The van der Waals surface area contributed by atoms with Gasteiger partial charge in [0.25, 0.3) is 0 Å². The Kier molecular flexibility index (Phi) is 9.72. The number of rotatable bonds is 10. The Morgan fingerprint density at radius 3 is 2.43 bits per heavy atom. The van der Waals surface area contributed by atoms with Gasteiger partial charge in [0.2, 0.25) is 23.0 Å². The molecule has 2 aromatic carbocycles. The molecule has 0 bridgehead atoms. The lowest BCUT2D eigenvalue weighted by Gasteiger charge is -2.20. The van der Waals surface area contributed by atoms with Gasteiger partial charge >= 0.3 is 0 Å². The van der Waals surface area contributed by atoms with E-state index >= 15 is 0 Å². The second-order valence-corrected chi connectivity index (χ2v) is 11.9. The number of amides is 2. The third kappa shape index (κ3) is 6.67. The number of hydrogen-bond donors (Lipinski definition) is 3. The number of ether oxygens (including phenoxy) is 3. The summed E-state index contributed by atoms with van der Waals surface area (Å²) in [6, 6.07) is 5.86. The molecule has 1 aromatic heterocycles. The van der Waals surface area contributed by atoms with Crippen molar-refractivity contribution in [2.24, 2.45) is 5.92 Å². The van der Waals surface area contributed by atoms with Crippen LogP contribution in [0.25, 0.3) is 11.1 Å². The summed E-state index contributed by atoms with van der Waals surface area (Å²) in [5, 5.41) is 9.59. The third-order valence-electron chi connectivity index (χ3n) is 7.12. The maximum Gasteiger partial charge on any atom is 0.248 e. The molecule has 0 unspecified atom stereocenters. The number of carbonyl (C=O) groups is 2. The standard InChI is InChI=1S/C31H38N4O6S/c1-16(2)12-24(30(38)35-31-32-15-17(3)42-31)34-23-11-9-20-21(14-25(23)37)22(33-18(4)36)10-8-19-13-26(39-5)28(40-6)29(41-7)27(19)20/h9,11,13-16,22,24H,8,10,12H2,1-7H3,(H,33,36)(H,34,37)(H,32,35,38)/t22-,24+/m1/s1. The van der Waals surface area contributed by atoms with Crippen molar-refractivity contribution in [1.29, 1.82) is 0 Å². The molecule has 224 valence electrons. The number of aryl methyl sites for hydroxylation is 2. The van der Waals surface area contributed by atoms with E-state index < -0.39 is 12.1 Å². The Bertz CT molecular complexity index is 1540. The zero-order valence-electron chi connectivity index (χ0n) is 25.0. The fourth-order valence-corrected chi connectivity index (χ4v) is 5.99. The van der Waals surface area contributed by atoms with Crippen LogP contribution in [0.4, 0.5) is 10.8 Å². The first-order chi connectivity index (χ1) is 20.1. The van der Waals surface area contributed by atoms with E-state index in [1.165, 1.54) is 24.3 Å². The van der Waals surface area contributed by atoms with E-state index in [-0.39, 0.29) is 28.8 Å². The molecule has 3 aromatic rings. The highest BCUT2D eigenvalue weighted by Gasteiger charge is 2.30. The highest BCUT2D eigenvalue weighted by atomic mass is 32.1. The molecule has 1 aliphatic carbocycles. The fraction of sp³-hybridized carbons (Fsp3) is 0.419. The molecule has 2 amide bonds. The third-order valence-corrected chi connectivity index (χ3v) is 7.95. The van der Waals surface area contributed by atoms with Crippen LogP contribution in [0.2, 0.25) is 0 Å². The molecular formula is C31H38N4O6S. The summed E-state index contributed by atoms with van der Waals surface area (Å²) in [6.45, 7) is 7.41. The Hall–Kier alpha value is -4.12. The summed E-state index contributed by atoms with van der Waals surface area (Å²) < 4.78 is 17.1. The van der Waals surface area contributed by atoms with Gasteiger partial charge in [0.1, 0.15) is 6.04 Å². The second kappa shape index (κ2) is 13.2. The van der Waals surface area contributed by atoms with Crippen LogP contribution in [0, 0.1) is 12.8 Å². The van der Waals surface area contributed by atoms with E-state index in [4.69, 9.17) is 14.2 Å². The normalized spacial score (nSPS) is 14.6. The second-order valence-electron chi connectivity index (χ2n) is 10.7. The number of carbonyl (C=O) groups excluding carboxylic acids is 2. The summed E-state index contributed by atoms with van der Waals surface area (Å²) in [4.78, 5) is 44.5. The average Bonchev–Trinajstić information content (AvgIpc) is 3.21. The van der Waals surface area contributed by atoms with Gasteiger partial charge in [0, 0.05) is 23.6 Å². The largest absolute Gasteiger partial charge is 0.493 e. The van der Waals surface area contributed by atoms with Crippen LogP contribution in [-0.2, 0) is 16.0 Å². The van der Waals surface area contributed by atoms with Crippen molar-refractivity contribution in [2.45, 2.75) is 59.0 Å². The lowest BCUT2D eigenvalue weighted by molar-refractivity contribution is -0.120. The molecule has 0 aliphatic heterocycles. The Labute approximate surface area is 249 Å². The quantitative estimate of drug-likeness (QED) is 0.296. The van der Waals surface area contributed by atoms with Gasteiger partial charge in [0.05, 0.1) is 33.1 Å². The Morgan fingerprint density at radius 2 is 1.83 bits per heavy atom. The van der Waals surface area contributed by atoms with Crippen LogP contribution in [0.15, 0.2) is 35.3 Å². The fourth-order valence-electron chi connectivity index (χ4n) is 5.32. The summed E-state index contributed by atoms with van der Waals surface area (Å²) in [5.41, 5.74) is 3.02. The van der Waals surface area contributed by atoms with Gasteiger partial charge in [-0.15, -0.1) is 11.3 Å². The molecule has 0 fully saturated rings. The first-order valence-electron chi connectivity index (χ1n) is 13.8. The molecule has 42 heavy (non-hydrogen) atoms. The molecule has 0 saturated carbocycles. The zero-order chi connectivity index (χ0) is 30.6. The van der Waals surface area contributed by atoms with Crippen molar-refractivity contribution in [3.05, 3.63) is 56.7 Å². The van der Waals surface area contributed by atoms with Crippen LogP contribution in [-0.4, -0.2) is 44.2 Å². The van der Waals surface area contributed by atoms with E-state index in [1.54, 1.807) is 33.6 Å². The minimum atomic E-state index is -0.679. The van der Waals surface area contributed by atoms with Crippen LogP contribution in [0.5, 0.6) is 17.2 Å². The summed E-state index contributed by atoms with van der Waals surface area (Å²) in [6.07, 6.45) is 3.35. The first-order valence-corrected chi connectivity index (χ1v) is 14.6. The highest BCUT2D eigenvalue weighted by Crippen LogP contribution is 2.50. The Morgan fingerprint density at radius 1 is 1.10 bits per heavy atom. The molecule has 1 aliphatic rings. The number of fused-ring (bicyclic) bond motifs is 3. The van der Waals surface area contributed by atoms with Gasteiger partial charge in [-0.2, -0.15) is 0 Å². The first kappa shape index (κ1) is 30.8. The lowest BCUT2D eigenvalue weighted by Crippen LogP contribution is -2.37. The predicted octanol–water partition coefficient (Wildman–Crippen LogP) is 5.09. The van der Waals surface area contributed by atoms with Gasteiger partial charge < -0.3 is 30.2 Å². The van der Waals surface area contributed by atoms with E-state index in [0.29, 0.717) is 52.8 Å². The van der Waals surface area contributed by atoms with Crippen LogP contribution in [0.1, 0.15) is 55.7 Å². The monoisotopic (exact) mass is 594 g/mol. The van der Waals surface area contributed by atoms with Crippen LogP contribution < -0.4 is 35.6 Å². The smallest absolute Gasteiger partial charge is 0.248 e. The number of anilines is 2. The molecule has 2 atom stereocenters. The van der Waals surface area contributed by atoms with Gasteiger partial charge in [0.15, 0.2) is 16.6 Å². The number of benzene rings is 1. The highest BCUT2D eigenvalue weighted by molar-refractivity contribution is 7.15. The van der Waals surface area contributed by atoms with E-state index in [1.807, 2.05) is 32.9 Å². The molecule has 10 nitrogen and oxygen atoms in total. The molecule has 1 heterocycles. The number of nitrogens with zero attached hydrogens (tertiary/aromatic N) is 1. The van der Waals surface area contributed by atoms with E-state index in [0.717, 1.165) is 16.0 Å². The van der Waals surface area contributed by atoms with Gasteiger partial charge in [-0.25, -0.2) is 4.98 Å². The number of aromatic nitrogens is 1. The van der Waals surface area contributed by atoms with Gasteiger partial charge in [-0.05, 0) is 67.0 Å². The lowest BCUT2D eigenvalue weighted by atomic mass is 9.95. The Balaban J connectivity index is 1.86. The van der Waals surface area contributed by atoms with Crippen LogP contribution >= 0.6 is 11.3 Å². The SMILES string of the molecule is COc1cc2c(c(OC)c1OC)-c1ccc(N[C@@H](CC(C)C)C(=O)Nc3ncc(C)s3)c(=O)cc1[C@H](NC(C)=O)CC2. The number of thiazole rings is 1. The van der Waals surface area contributed by atoms with Crippen molar-refractivity contribution < 1.29 is 23.8 Å². The molecule has 0 saturated heterocycles. The van der Waals surface area contributed by atoms with E-state index in [2.05, 4.69) is 20.9 Å². The molecule has 0 radical (unpaired) electrons. The minimum Gasteiger partial charge on any atom is -0.493 e. The van der Waals surface area contributed by atoms with Crippen molar-refractivity contribution in [2.75, 3.05) is 32.0 Å². The zero-order valence-corrected chi connectivity index (χ0v) is 25.9. The molecule has 11 heteroatoms. The van der Waals surface area contributed by atoms with Crippen molar-refractivity contribution >= 4 is 34.0 Å². The van der Waals surface area contributed by atoms with E-state index in [9.17, 15) is 14.4 Å². The number of methoxy groups -OCH3 is 3. The summed E-state index contributed by atoms with van der Waals surface area (Å²) in [7, 11) is 4.66. The number of hydrogen-bond acceptors (Lipinski definition) is 9. The molecule has 4 rings (SSSR count). The van der Waals surface area contributed by atoms with Crippen molar-refractivity contribution in [3.63, 3.8) is 0 Å². The van der Waals surface area contributed by atoms with Crippen molar-refractivity contribution in [1.82, 2.24) is 10.3 Å².